The fraction of sp³-hybridized carbons (Fsp3) is 0.500. The summed E-state index contributed by atoms with van der Waals surface area (Å²) in [6.45, 7) is 6.06. The van der Waals surface area contributed by atoms with Gasteiger partial charge in [-0.15, -0.1) is 0 Å². The van der Waals surface area contributed by atoms with Gasteiger partial charge in [-0.1, -0.05) is 0 Å². The molecule has 2 aromatic heterocycles. The Morgan fingerprint density at radius 1 is 1.31 bits per heavy atom. The van der Waals surface area contributed by atoms with Gasteiger partial charge in [-0.05, 0) is 50.8 Å². The number of aryl methyl sites for hydroxylation is 2. The van der Waals surface area contributed by atoms with Crippen LogP contribution in [0.4, 0.5) is 0 Å². The van der Waals surface area contributed by atoms with Gasteiger partial charge in [-0.2, -0.15) is 0 Å². The average molecular weight is 499 g/mol. The molecule has 0 bridgehead atoms. The molecule has 3 N–H and O–H groups in total. The highest BCUT2D eigenvalue weighted by atomic mass is 16.5. The third-order valence-corrected chi connectivity index (χ3v) is 6.61. The molecule has 36 heavy (non-hydrogen) atoms. The average Bonchev–Trinajstić information content (AvgIpc) is 3.19. The van der Waals surface area contributed by atoms with E-state index in [2.05, 4.69) is 9.88 Å². The maximum atomic E-state index is 12.3. The van der Waals surface area contributed by atoms with Crippen molar-refractivity contribution >= 4 is 17.0 Å². The molecule has 0 radical (unpaired) electrons. The van der Waals surface area contributed by atoms with Crippen LogP contribution in [0.2, 0.25) is 0 Å². The molecule has 10 heteroatoms. The van der Waals surface area contributed by atoms with E-state index in [4.69, 9.17) is 19.6 Å². The minimum Gasteiger partial charge on any atom is -0.492 e. The molecule has 1 aliphatic rings. The summed E-state index contributed by atoms with van der Waals surface area (Å²) in [5.74, 6) is 0.784. The predicted octanol–water partition coefficient (Wildman–Crippen LogP) is 1.94. The third kappa shape index (κ3) is 5.77. The fourth-order valence-corrected chi connectivity index (χ4v) is 4.64. The van der Waals surface area contributed by atoms with Gasteiger partial charge in [0.2, 0.25) is 0 Å². The van der Waals surface area contributed by atoms with Crippen molar-refractivity contribution in [1.29, 1.82) is 0 Å². The monoisotopic (exact) mass is 498 g/mol. The van der Waals surface area contributed by atoms with Crippen LogP contribution >= 0.6 is 0 Å². The standard InChI is InChI=1S/C26H34N4O6/c1-16-12-19(15-29(3)25(16)32)24-28-21-13-20(36-11-8-27-23(17(2)31)26(33)34)4-5-22(21)30(24)14-18-6-9-35-10-7-18/h4-5,12-13,15,17-18,23,27,31H,6-11,14H2,1-3H3,(H,33,34). The Kier molecular flexibility index (Phi) is 8.07. The number of aliphatic hydroxyl groups is 1. The number of nitrogens with one attached hydrogen (secondary N) is 1. The lowest BCUT2D eigenvalue weighted by atomic mass is 10.00. The maximum Gasteiger partial charge on any atom is 0.323 e. The van der Waals surface area contributed by atoms with E-state index in [1.54, 1.807) is 11.6 Å². The second-order valence-corrected chi connectivity index (χ2v) is 9.44. The Hall–Kier alpha value is -3.21. The van der Waals surface area contributed by atoms with E-state index in [9.17, 15) is 14.7 Å². The van der Waals surface area contributed by atoms with Gasteiger partial charge in [0, 0.05) is 56.7 Å². The lowest BCUT2D eigenvalue weighted by Crippen LogP contribution is -2.46. The second-order valence-electron chi connectivity index (χ2n) is 9.44. The number of carboxylic acids is 1. The highest BCUT2D eigenvalue weighted by Crippen LogP contribution is 2.30. The number of nitrogens with zero attached hydrogens (tertiary/aromatic N) is 3. The van der Waals surface area contributed by atoms with E-state index in [1.165, 1.54) is 6.92 Å². The van der Waals surface area contributed by atoms with E-state index < -0.39 is 18.1 Å². The van der Waals surface area contributed by atoms with Gasteiger partial charge >= 0.3 is 5.97 Å². The topological polar surface area (TPSA) is 128 Å². The first-order valence-electron chi connectivity index (χ1n) is 12.3. The van der Waals surface area contributed by atoms with Crippen molar-refractivity contribution in [2.45, 2.75) is 45.4 Å². The molecule has 1 saturated heterocycles. The van der Waals surface area contributed by atoms with Crippen LogP contribution in [0, 0.1) is 12.8 Å². The minimum absolute atomic E-state index is 0.0316. The van der Waals surface area contributed by atoms with Crippen LogP contribution in [0.25, 0.3) is 22.4 Å². The Bertz CT molecular complexity index is 1250. The number of ether oxygens (including phenoxy) is 2. The summed E-state index contributed by atoms with van der Waals surface area (Å²) in [7, 11) is 1.75. The van der Waals surface area contributed by atoms with Crippen LogP contribution in [0.1, 0.15) is 25.3 Å². The Morgan fingerprint density at radius 3 is 2.72 bits per heavy atom. The molecule has 1 aromatic carbocycles. The summed E-state index contributed by atoms with van der Waals surface area (Å²) in [6, 6.07) is 6.57. The van der Waals surface area contributed by atoms with E-state index in [-0.39, 0.29) is 18.7 Å². The maximum absolute atomic E-state index is 12.3. The number of aromatic nitrogens is 3. The second kappa shape index (κ2) is 11.2. The van der Waals surface area contributed by atoms with E-state index >= 15 is 0 Å². The molecule has 3 heterocycles. The molecule has 194 valence electrons. The molecule has 0 aliphatic carbocycles. The van der Waals surface area contributed by atoms with Gasteiger partial charge < -0.3 is 28.8 Å². The Labute approximate surface area is 209 Å². The lowest BCUT2D eigenvalue weighted by Gasteiger charge is -2.23. The number of benzene rings is 1. The SMILES string of the molecule is Cc1cc(-c2nc3cc(OCCNC(C(=O)O)C(C)O)ccc3n2CC2CCOCC2)cn(C)c1=O. The number of hydrogen-bond donors (Lipinski definition) is 3. The largest absolute Gasteiger partial charge is 0.492 e. The van der Waals surface area contributed by atoms with Gasteiger partial charge in [0.1, 0.15) is 24.2 Å². The molecule has 3 aromatic rings. The molecule has 10 nitrogen and oxygen atoms in total. The van der Waals surface area contributed by atoms with Gasteiger partial charge in [0.05, 0.1) is 17.1 Å². The van der Waals surface area contributed by atoms with Gasteiger partial charge in [0.25, 0.3) is 5.56 Å². The van der Waals surface area contributed by atoms with Crippen molar-refractivity contribution in [3.8, 4) is 17.1 Å². The summed E-state index contributed by atoms with van der Waals surface area (Å²) in [6.07, 6.45) is 2.78. The highest BCUT2D eigenvalue weighted by Gasteiger charge is 2.22. The van der Waals surface area contributed by atoms with Crippen molar-refractivity contribution in [2.24, 2.45) is 13.0 Å². The Balaban J connectivity index is 1.60. The van der Waals surface area contributed by atoms with Gasteiger partial charge in [0.15, 0.2) is 0 Å². The third-order valence-electron chi connectivity index (χ3n) is 6.61. The molecule has 4 rings (SSSR count). The zero-order valence-electron chi connectivity index (χ0n) is 20.9. The highest BCUT2D eigenvalue weighted by molar-refractivity contribution is 5.82. The number of aliphatic carboxylic acids is 1. The molecule has 0 saturated carbocycles. The van der Waals surface area contributed by atoms with E-state index in [1.807, 2.05) is 37.4 Å². The summed E-state index contributed by atoms with van der Waals surface area (Å²) in [5, 5.41) is 21.5. The van der Waals surface area contributed by atoms with Crippen LogP contribution in [0.5, 0.6) is 5.75 Å². The number of carboxylic acid groups (broad SMARTS) is 1. The molecular weight excluding hydrogens is 464 g/mol. The molecular formula is C26H34N4O6. The van der Waals surface area contributed by atoms with E-state index in [0.29, 0.717) is 17.2 Å². The number of fused-ring (bicyclic) bond motifs is 1. The van der Waals surface area contributed by atoms with Crippen molar-refractivity contribution in [2.75, 3.05) is 26.4 Å². The molecule has 0 spiro atoms. The summed E-state index contributed by atoms with van der Waals surface area (Å²) < 4.78 is 15.2. The first-order valence-corrected chi connectivity index (χ1v) is 12.3. The molecule has 2 atom stereocenters. The molecule has 1 aliphatic heterocycles. The number of imidazole rings is 1. The van der Waals surface area contributed by atoms with Crippen LogP contribution < -0.4 is 15.6 Å². The predicted molar refractivity (Wildman–Crippen MR) is 135 cm³/mol. The fourth-order valence-electron chi connectivity index (χ4n) is 4.64. The van der Waals surface area contributed by atoms with Crippen LogP contribution in [-0.4, -0.2) is 68.8 Å². The number of pyridine rings is 1. The zero-order valence-corrected chi connectivity index (χ0v) is 20.9. The van der Waals surface area contributed by atoms with Crippen LogP contribution in [0.3, 0.4) is 0 Å². The van der Waals surface area contributed by atoms with Gasteiger partial charge in [-0.3, -0.25) is 14.9 Å². The normalized spacial score (nSPS) is 16.2. The summed E-state index contributed by atoms with van der Waals surface area (Å²) in [4.78, 5) is 28.4. The lowest BCUT2D eigenvalue weighted by molar-refractivity contribution is -0.142. The smallest absolute Gasteiger partial charge is 0.323 e. The first-order chi connectivity index (χ1) is 17.2. The number of rotatable bonds is 10. The van der Waals surface area contributed by atoms with Crippen LogP contribution in [0.15, 0.2) is 35.3 Å². The minimum atomic E-state index is -1.11. The quantitative estimate of drug-likeness (QED) is 0.362. The zero-order chi connectivity index (χ0) is 25.8. The number of hydrogen-bond acceptors (Lipinski definition) is 7. The molecule has 1 fully saturated rings. The first kappa shape index (κ1) is 25.9. The number of aliphatic hydroxyl groups excluding tert-OH is 1. The summed E-state index contributed by atoms with van der Waals surface area (Å²) >= 11 is 0. The summed E-state index contributed by atoms with van der Waals surface area (Å²) in [5.41, 5.74) is 3.27. The number of carbonyl (C=O) groups is 1. The van der Waals surface area contributed by atoms with Crippen LogP contribution in [-0.2, 0) is 23.1 Å². The Morgan fingerprint density at radius 2 is 2.06 bits per heavy atom. The van der Waals surface area contributed by atoms with Crippen molar-refractivity contribution in [1.82, 2.24) is 19.4 Å². The van der Waals surface area contributed by atoms with Crippen molar-refractivity contribution < 1.29 is 24.5 Å². The van der Waals surface area contributed by atoms with Crippen molar-refractivity contribution in [3.05, 3.63) is 46.4 Å². The molecule has 2 unspecified atom stereocenters. The van der Waals surface area contributed by atoms with Crippen molar-refractivity contribution in [3.63, 3.8) is 0 Å². The van der Waals surface area contributed by atoms with Gasteiger partial charge in [-0.25, -0.2) is 4.98 Å². The van der Waals surface area contributed by atoms with E-state index in [0.717, 1.165) is 55.0 Å². The molecule has 0 amide bonds.